The number of aliphatic carboxylic acids is 1. The highest BCUT2D eigenvalue weighted by Crippen LogP contribution is 2.19. The molecule has 25 heavy (non-hydrogen) atoms. The molecule has 0 bridgehead atoms. The van der Waals surface area contributed by atoms with Crippen molar-refractivity contribution in [3.63, 3.8) is 0 Å². The van der Waals surface area contributed by atoms with E-state index in [1.807, 2.05) is 0 Å². The first-order valence-corrected chi connectivity index (χ1v) is 7.76. The first-order chi connectivity index (χ1) is 11.8. The second-order valence-corrected chi connectivity index (χ2v) is 6.20. The zero-order valence-corrected chi connectivity index (χ0v) is 14.0. The molecule has 7 heteroatoms. The maximum absolute atomic E-state index is 12.8. The zero-order chi connectivity index (χ0) is 18.4. The molecule has 1 aromatic heterocycles. The van der Waals surface area contributed by atoms with Gasteiger partial charge in [0.2, 0.25) is 0 Å². The van der Waals surface area contributed by atoms with Gasteiger partial charge < -0.3 is 19.6 Å². The van der Waals surface area contributed by atoms with Crippen LogP contribution in [0.5, 0.6) is 5.75 Å². The molecule has 134 valence electrons. The van der Waals surface area contributed by atoms with Crippen LogP contribution >= 0.6 is 0 Å². The third-order valence-corrected chi connectivity index (χ3v) is 3.69. The van der Waals surface area contributed by atoms with Gasteiger partial charge in [-0.1, -0.05) is 0 Å². The molecular formula is C18H20FNO5. The number of ether oxygens (including phenoxy) is 1. The van der Waals surface area contributed by atoms with Crippen LogP contribution in [0.2, 0.25) is 0 Å². The number of furan rings is 1. The summed E-state index contributed by atoms with van der Waals surface area (Å²) in [6.07, 6.45) is 0.301. The number of rotatable bonds is 8. The summed E-state index contributed by atoms with van der Waals surface area (Å²) in [5.41, 5.74) is -0.912. The lowest BCUT2D eigenvalue weighted by Crippen LogP contribution is -2.31. The number of carbonyl (C=O) groups excluding carboxylic acids is 1. The third-order valence-electron chi connectivity index (χ3n) is 3.69. The Morgan fingerprint density at radius 1 is 1.20 bits per heavy atom. The van der Waals surface area contributed by atoms with Crippen LogP contribution in [0.3, 0.4) is 0 Å². The molecular weight excluding hydrogens is 329 g/mol. The van der Waals surface area contributed by atoms with E-state index in [2.05, 4.69) is 5.32 Å². The Bertz CT molecular complexity index is 736. The molecule has 1 heterocycles. The number of halogens is 1. The molecule has 2 aromatic rings. The van der Waals surface area contributed by atoms with Crippen molar-refractivity contribution in [3.8, 4) is 5.75 Å². The van der Waals surface area contributed by atoms with E-state index >= 15 is 0 Å². The molecule has 6 nitrogen and oxygen atoms in total. The predicted molar refractivity (Wildman–Crippen MR) is 87.8 cm³/mol. The molecule has 0 atom stereocenters. The van der Waals surface area contributed by atoms with Gasteiger partial charge in [0.1, 0.15) is 23.9 Å². The summed E-state index contributed by atoms with van der Waals surface area (Å²) in [6.45, 7) is 3.52. The zero-order valence-electron chi connectivity index (χ0n) is 14.0. The van der Waals surface area contributed by atoms with Crippen molar-refractivity contribution in [1.29, 1.82) is 0 Å². The van der Waals surface area contributed by atoms with Crippen molar-refractivity contribution in [2.75, 3.05) is 6.54 Å². The van der Waals surface area contributed by atoms with Gasteiger partial charge in [-0.05, 0) is 56.7 Å². The smallest absolute Gasteiger partial charge is 0.309 e. The summed E-state index contributed by atoms with van der Waals surface area (Å²) >= 11 is 0. The lowest BCUT2D eigenvalue weighted by molar-refractivity contribution is -0.147. The first-order valence-electron chi connectivity index (χ1n) is 7.76. The van der Waals surface area contributed by atoms with Crippen molar-refractivity contribution < 1.29 is 28.2 Å². The van der Waals surface area contributed by atoms with Crippen molar-refractivity contribution in [3.05, 3.63) is 53.7 Å². The molecule has 1 amide bonds. The average Bonchev–Trinajstić information content (AvgIpc) is 3.03. The van der Waals surface area contributed by atoms with E-state index in [4.69, 9.17) is 14.3 Å². The number of carbonyl (C=O) groups is 2. The van der Waals surface area contributed by atoms with Crippen LogP contribution in [0.15, 0.2) is 40.8 Å². The minimum Gasteiger partial charge on any atom is -0.486 e. The topological polar surface area (TPSA) is 88.8 Å². The summed E-state index contributed by atoms with van der Waals surface area (Å²) < 4.78 is 23.6. The van der Waals surface area contributed by atoms with Crippen LogP contribution in [0, 0.1) is 11.2 Å². The monoisotopic (exact) mass is 349 g/mol. The Morgan fingerprint density at radius 2 is 1.88 bits per heavy atom. The van der Waals surface area contributed by atoms with Gasteiger partial charge in [0.05, 0.1) is 5.41 Å². The number of nitrogens with one attached hydrogen (secondary N) is 1. The third kappa shape index (κ3) is 5.34. The molecule has 0 fully saturated rings. The normalized spacial score (nSPS) is 11.2. The molecule has 0 saturated heterocycles. The Kier molecular flexibility index (Phi) is 5.80. The van der Waals surface area contributed by atoms with Crippen molar-refractivity contribution in [1.82, 2.24) is 5.32 Å². The summed E-state index contributed by atoms with van der Waals surface area (Å²) in [4.78, 5) is 23.0. The summed E-state index contributed by atoms with van der Waals surface area (Å²) in [5.74, 6) is -0.643. The van der Waals surface area contributed by atoms with Gasteiger partial charge in [-0.3, -0.25) is 9.59 Å². The van der Waals surface area contributed by atoms with E-state index in [0.717, 1.165) is 0 Å². The van der Waals surface area contributed by atoms with Gasteiger partial charge >= 0.3 is 5.97 Å². The number of carboxylic acids is 1. The Balaban J connectivity index is 1.82. The lowest BCUT2D eigenvalue weighted by Gasteiger charge is -2.18. The highest BCUT2D eigenvalue weighted by Gasteiger charge is 2.26. The van der Waals surface area contributed by atoms with Gasteiger partial charge in [-0.25, -0.2) is 4.39 Å². The van der Waals surface area contributed by atoms with Gasteiger partial charge in [-0.15, -0.1) is 0 Å². The van der Waals surface area contributed by atoms with Crippen LogP contribution in [-0.4, -0.2) is 23.5 Å². The minimum absolute atomic E-state index is 0.102. The van der Waals surface area contributed by atoms with Gasteiger partial charge in [0.25, 0.3) is 5.91 Å². The maximum Gasteiger partial charge on any atom is 0.309 e. The van der Waals surface area contributed by atoms with E-state index in [1.165, 1.54) is 30.3 Å². The van der Waals surface area contributed by atoms with Crippen LogP contribution < -0.4 is 10.1 Å². The van der Waals surface area contributed by atoms with Gasteiger partial charge in [-0.2, -0.15) is 0 Å². The Hall–Kier alpha value is -2.83. The maximum atomic E-state index is 12.8. The predicted octanol–water partition coefficient (Wildman–Crippen LogP) is 3.23. The molecule has 0 unspecified atom stereocenters. The largest absolute Gasteiger partial charge is 0.486 e. The lowest BCUT2D eigenvalue weighted by atomic mass is 9.90. The SMILES string of the molecule is CC(C)(CCNC(=O)c1ccc(COc2ccc(F)cc2)o1)C(=O)O. The summed E-state index contributed by atoms with van der Waals surface area (Å²) in [6, 6.07) is 8.69. The van der Waals surface area contributed by atoms with Crippen molar-refractivity contribution in [2.45, 2.75) is 26.9 Å². The molecule has 2 N–H and O–H groups in total. The Labute approximate surface area is 144 Å². The van der Waals surface area contributed by atoms with Crippen LogP contribution in [0.1, 0.15) is 36.6 Å². The molecule has 0 radical (unpaired) electrons. The molecule has 0 saturated carbocycles. The second-order valence-electron chi connectivity index (χ2n) is 6.20. The van der Waals surface area contributed by atoms with Gasteiger partial charge in [0, 0.05) is 6.54 Å². The van der Waals surface area contributed by atoms with Crippen molar-refractivity contribution >= 4 is 11.9 Å². The van der Waals surface area contributed by atoms with E-state index in [0.29, 0.717) is 17.9 Å². The van der Waals surface area contributed by atoms with E-state index in [1.54, 1.807) is 19.9 Å². The van der Waals surface area contributed by atoms with Crippen LogP contribution in [0.4, 0.5) is 4.39 Å². The van der Waals surface area contributed by atoms with Crippen LogP contribution in [0.25, 0.3) is 0 Å². The number of hydrogen-bond donors (Lipinski definition) is 2. The first kappa shape index (κ1) is 18.5. The molecule has 0 aliphatic rings. The number of carboxylic acid groups (broad SMARTS) is 1. The number of benzene rings is 1. The highest BCUT2D eigenvalue weighted by molar-refractivity contribution is 5.91. The van der Waals surface area contributed by atoms with Crippen molar-refractivity contribution in [2.24, 2.45) is 5.41 Å². The molecule has 0 aliphatic carbocycles. The number of hydrogen-bond acceptors (Lipinski definition) is 4. The molecule has 0 aliphatic heterocycles. The fourth-order valence-electron chi connectivity index (χ4n) is 1.95. The van der Waals surface area contributed by atoms with E-state index in [9.17, 15) is 14.0 Å². The fourth-order valence-corrected chi connectivity index (χ4v) is 1.95. The van der Waals surface area contributed by atoms with E-state index in [-0.39, 0.29) is 24.7 Å². The summed E-state index contributed by atoms with van der Waals surface area (Å²) in [7, 11) is 0. The second kappa shape index (κ2) is 7.83. The number of amides is 1. The molecule has 0 spiro atoms. The standard InChI is InChI=1S/C18H20FNO5/c1-18(2,17(22)23)9-10-20-16(21)15-8-7-14(25-15)11-24-13-5-3-12(19)4-6-13/h3-8H,9-11H2,1-2H3,(H,20,21)(H,22,23). The molecule has 2 rings (SSSR count). The summed E-state index contributed by atoms with van der Waals surface area (Å²) in [5, 5.41) is 11.7. The Morgan fingerprint density at radius 3 is 2.52 bits per heavy atom. The quantitative estimate of drug-likeness (QED) is 0.764. The van der Waals surface area contributed by atoms with Gasteiger partial charge in [0.15, 0.2) is 5.76 Å². The minimum atomic E-state index is -0.917. The molecule has 1 aromatic carbocycles. The fraction of sp³-hybridized carbons (Fsp3) is 0.333. The highest BCUT2D eigenvalue weighted by atomic mass is 19.1. The van der Waals surface area contributed by atoms with Crippen LogP contribution in [-0.2, 0) is 11.4 Å². The average molecular weight is 349 g/mol. The van der Waals surface area contributed by atoms with E-state index < -0.39 is 17.3 Å².